The van der Waals surface area contributed by atoms with E-state index < -0.39 is 6.04 Å². The van der Waals surface area contributed by atoms with E-state index >= 15 is 0 Å². The highest BCUT2D eigenvalue weighted by molar-refractivity contribution is 6.31. The molecule has 0 aliphatic heterocycles. The lowest BCUT2D eigenvalue weighted by Gasteiger charge is -2.13. The van der Waals surface area contributed by atoms with Crippen LogP contribution in [0.1, 0.15) is 34.3 Å². The van der Waals surface area contributed by atoms with Crippen LogP contribution in [0.4, 0.5) is 0 Å². The van der Waals surface area contributed by atoms with E-state index in [0.717, 1.165) is 24.7 Å². The molecule has 0 spiro atoms. The molecule has 0 aliphatic rings. The fourth-order valence-corrected chi connectivity index (χ4v) is 2.51. The number of benzene rings is 2. The van der Waals surface area contributed by atoms with Crippen molar-refractivity contribution in [3.05, 3.63) is 70.2 Å². The summed E-state index contributed by atoms with van der Waals surface area (Å²) in [5.74, 6) is -0.274. The summed E-state index contributed by atoms with van der Waals surface area (Å²) in [7, 11) is 0. The predicted molar refractivity (Wildman–Crippen MR) is 92.9 cm³/mol. The van der Waals surface area contributed by atoms with Crippen LogP contribution in [0.25, 0.3) is 0 Å². The van der Waals surface area contributed by atoms with Crippen molar-refractivity contribution in [1.29, 1.82) is 0 Å². The Morgan fingerprint density at radius 2 is 1.96 bits per heavy atom. The Kier molecular flexibility index (Phi) is 6.36. The number of nitrogens with one attached hydrogen (secondary N) is 1. The summed E-state index contributed by atoms with van der Waals surface area (Å²) in [5.41, 5.74) is 2.61. The maximum atomic E-state index is 12.2. The van der Waals surface area contributed by atoms with Crippen molar-refractivity contribution in [1.82, 2.24) is 5.32 Å². The molecule has 2 aromatic carbocycles. The Morgan fingerprint density at radius 3 is 2.61 bits per heavy atom. The van der Waals surface area contributed by atoms with Crippen LogP contribution in [0.2, 0.25) is 5.02 Å². The van der Waals surface area contributed by atoms with Crippen molar-refractivity contribution in [2.24, 2.45) is 0 Å². The second-order valence-electron chi connectivity index (χ2n) is 5.56. The SMILES string of the molecule is Cc1ccc(C(=O)N[C@@H](C=O)CCCc2ccccc2)cc1Cl. The molecule has 23 heavy (non-hydrogen) atoms. The maximum Gasteiger partial charge on any atom is 0.251 e. The van der Waals surface area contributed by atoms with Crippen molar-refractivity contribution < 1.29 is 9.59 Å². The van der Waals surface area contributed by atoms with E-state index in [0.29, 0.717) is 17.0 Å². The third-order valence-corrected chi connectivity index (χ3v) is 4.15. The van der Waals surface area contributed by atoms with Gasteiger partial charge in [0.25, 0.3) is 5.91 Å². The van der Waals surface area contributed by atoms with Crippen LogP contribution in [0.3, 0.4) is 0 Å². The van der Waals surface area contributed by atoms with E-state index in [-0.39, 0.29) is 5.91 Å². The van der Waals surface area contributed by atoms with Gasteiger partial charge in [-0.2, -0.15) is 0 Å². The molecule has 0 aliphatic carbocycles. The minimum absolute atomic E-state index is 0.274. The number of halogens is 1. The molecule has 3 nitrogen and oxygen atoms in total. The van der Waals surface area contributed by atoms with E-state index in [1.807, 2.05) is 25.1 Å². The fraction of sp³-hybridized carbons (Fsp3) is 0.263. The Bertz CT molecular complexity index is 670. The first kappa shape index (κ1) is 17.2. The molecule has 0 heterocycles. The molecule has 0 unspecified atom stereocenters. The van der Waals surface area contributed by atoms with Crippen LogP contribution in [0, 0.1) is 6.92 Å². The van der Waals surface area contributed by atoms with Gasteiger partial charge in [-0.3, -0.25) is 4.79 Å². The Hall–Kier alpha value is -2.13. The highest BCUT2D eigenvalue weighted by Gasteiger charge is 2.13. The molecule has 0 bridgehead atoms. The molecule has 1 amide bonds. The van der Waals surface area contributed by atoms with Crippen LogP contribution < -0.4 is 5.32 Å². The van der Waals surface area contributed by atoms with Crippen molar-refractivity contribution in [2.45, 2.75) is 32.2 Å². The average Bonchev–Trinajstić information content (AvgIpc) is 2.57. The fourth-order valence-electron chi connectivity index (χ4n) is 2.33. The summed E-state index contributed by atoms with van der Waals surface area (Å²) >= 11 is 6.03. The number of carbonyl (C=O) groups excluding carboxylic acids is 2. The number of rotatable bonds is 7. The van der Waals surface area contributed by atoms with E-state index in [1.165, 1.54) is 5.56 Å². The Labute approximate surface area is 141 Å². The summed E-state index contributed by atoms with van der Waals surface area (Å²) in [6.07, 6.45) is 3.13. The number of amides is 1. The second-order valence-corrected chi connectivity index (χ2v) is 5.97. The highest BCUT2D eigenvalue weighted by Crippen LogP contribution is 2.16. The van der Waals surface area contributed by atoms with Crippen molar-refractivity contribution in [3.63, 3.8) is 0 Å². The minimum atomic E-state index is -0.480. The molecule has 4 heteroatoms. The first-order chi connectivity index (χ1) is 11.1. The lowest BCUT2D eigenvalue weighted by Crippen LogP contribution is -2.36. The summed E-state index contributed by atoms with van der Waals surface area (Å²) in [4.78, 5) is 23.4. The number of aryl methyl sites for hydroxylation is 2. The van der Waals surface area contributed by atoms with Gasteiger partial charge in [0, 0.05) is 10.6 Å². The summed E-state index contributed by atoms with van der Waals surface area (Å²) in [6, 6.07) is 14.7. The van der Waals surface area contributed by atoms with Gasteiger partial charge < -0.3 is 10.1 Å². The van der Waals surface area contributed by atoms with Gasteiger partial charge in [-0.25, -0.2) is 0 Å². The van der Waals surface area contributed by atoms with Crippen molar-refractivity contribution >= 4 is 23.8 Å². The Balaban J connectivity index is 1.87. The number of hydrogen-bond donors (Lipinski definition) is 1. The van der Waals surface area contributed by atoms with Gasteiger partial charge in [0.05, 0.1) is 6.04 Å². The van der Waals surface area contributed by atoms with Gasteiger partial charge in [0.1, 0.15) is 6.29 Å². The summed E-state index contributed by atoms with van der Waals surface area (Å²) in [6.45, 7) is 1.88. The van der Waals surface area contributed by atoms with Crippen LogP contribution >= 0.6 is 11.6 Å². The second kappa shape index (κ2) is 8.49. The summed E-state index contributed by atoms with van der Waals surface area (Å²) in [5, 5.41) is 3.30. The normalized spacial score (nSPS) is 11.7. The van der Waals surface area contributed by atoms with Gasteiger partial charge in [-0.05, 0) is 49.4 Å². The molecule has 0 aromatic heterocycles. The Morgan fingerprint density at radius 1 is 1.22 bits per heavy atom. The molecule has 1 atom stereocenters. The zero-order valence-corrected chi connectivity index (χ0v) is 13.8. The first-order valence-corrected chi connectivity index (χ1v) is 8.04. The lowest BCUT2D eigenvalue weighted by molar-refractivity contribution is -0.109. The molecule has 1 N–H and O–H groups in total. The molecular formula is C19H20ClNO2. The molecule has 0 fully saturated rings. The topological polar surface area (TPSA) is 46.2 Å². The molecule has 2 rings (SSSR count). The van der Waals surface area contributed by atoms with Crippen LogP contribution in [0.5, 0.6) is 0 Å². The third-order valence-electron chi connectivity index (χ3n) is 3.74. The lowest BCUT2D eigenvalue weighted by atomic mass is 10.0. The highest BCUT2D eigenvalue weighted by atomic mass is 35.5. The van der Waals surface area contributed by atoms with Gasteiger partial charge in [0.2, 0.25) is 0 Å². The summed E-state index contributed by atoms with van der Waals surface area (Å²) < 4.78 is 0. The van der Waals surface area contributed by atoms with Gasteiger partial charge >= 0.3 is 0 Å². The van der Waals surface area contributed by atoms with Gasteiger partial charge in [0.15, 0.2) is 0 Å². The van der Waals surface area contributed by atoms with E-state index in [1.54, 1.807) is 18.2 Å². The molecule has 2 aromatic rings. The predicted octanol–water partition coefficient (Wildman–Crippen LogP) is 3.97. The quantitative estimate of drug-likeness (QED) is 0.781. The van der Waals surface area contributed by atoms with E-state index in [4.69, 9.17) is 11.6 Å². The number of hydrogen-bond acceptors (Lipinski definition) is 2. The van der Waals surface area contributed by atoms with Gasteiger partial charge in [-0.1, -0.05) is 48.0 Å². The van der Waals surface area contributed by atoms with E-state index in [2.05, 4.69) is 17.4 Å². The first-order valence-electron chi connectivity index (χ1n) is 7.66. The van der Waals surface area contributed by atoms with Crippen LogP contribution in [-0.2, 0) is 11.2 Å². The number of carbonyl (C=O) groups is 2. The largest absolute Gasteiger partial charge is 0.343 e. The van der Waals surface area contributed by atoms with E-state index in [9.17, 15) is 9.59 Å². The molecule has 0 saturated heterocycles. The smallest absolute Gasteiger partial charge is 0.251 e. The standard InChI is InChI=1S/C19H20ClNO2/c1-14-10-11-16(12-18(14)20)19(23)21-17(13-22)9-5-8-15-6-3-2-4-7-15/h2-4,6-7,10-13,17H,5,8-9H2,1H3,(H,21,23)/t17-/m1/s1. The molecule has 0 saturated carbocycles. The van der Waals surface area contributed by atoms with Crippen molar-refractivity contribution in [3.8, 4) is 0 Å². The molecular weight excluding hydrogens is 310 g/mol. The van der Waals surface area contributed by atoms with Gasteiger partial charge in [-0.15, -0.1) is 0 Å². The zero-order chi connectivity index (χ0) is 16.7. The minimum Gasteiger partial charge on any atom is -0.343 e. The number of aldehydes is 1. The zero-order valence-electron chi connectivity index (χ0n) is 13.1. The molecule has 0 radical (unpaired) electrons. The molecule has 120 valence electrons. The monoisotopic (exact) mass is 329 g/mol. The van der Waals surface area contributed by atoms with Crippen LogP contribution in [-0.4, -0.2) is 18.2 Å². The van der Waals surface area contributed by atoms with Crippen LogP contribution in [0.15, 0.2) is 48.5 Å². The van der Waals surface area contributed by atoms with Crippen molar-refractivity contribution in [2.75, 3.05) is 0 Å². The third kappa shape index (κ3) is 5.22. The maximum absolute atomic E-state index is 12.2. The average molecular weight is 330 g/mol.